The van der Waals surface area contributed by atoms with Crippen molar-refractivity contribution < 1.29 is 19.4 Å². The van der Waals surface area contributed by atoms with Crippen LogP contribution in [0.15, 0.2) is 12.3 Å². The molecule has 0 aromatic carbocycles. The number of amides is 1. The second-order valence-corrected chi connectivity index (χ2v) is 3.33. The van der Waals surface area contributed by atoms with E-state index in [1.54, 1.807) is 0 Å². The van der Waals surface area contributed by atoms with Gasteiger partial charge >= 0.3 is 0 Å². The minimum atomic E-state index is -1.39. The van der Waals surface area contributed by atoms with Crippen LogP contribution >= 0.6 is 0 Å². The molecule has 88 valence electrons. The van der Waals surface area contributed by atoms with Crippen LogP contribution in [0.2, 0.25) is 0 Å². The van der Waals surface area contributed by atoms with E-state index in [-0.39, 0.29) is 11.3 Å². The van der Waals surface area contributed by atoms with Crippen LogP contribution in [0.5, 0.6) is 0 Å². The summed E-state index contributed by atoms with van der Waals surface area (Å²) < 4.78 is 12.7. The fraction of sp³-hybridized carbons (Fsp3) is 0.333. The van der Waals surface area contributed by atoms with Gasteiger partial charge in [-0.15, -0.1) is 0 Å². The van der Waals surface area contributed by atoms with Crippen LogP contribution in [0.3, 0.4) is 0 Å². The van der Waals surface area contributed by atoms with Crippen LogP contribution in [-0.4, -0.2) is 27.2 Å². The topological polar surface area (TPSA) is 122 Å². The standard InChI is InChI=1S/C9H12FN3O3/c10-9-5(11)1-4(3-13-9)8(16)6(14)2-7(12)15/h1,3,6,8,14,16H,2,11H2,(H2,12,15). The second kappa shape index (κ2) is 4.86. The van der Waals surface area contributed by atoms with Crippen LogP contribution in [0, 0.1) is 5.95 Å². The average Bonchev–Trinajstić information content (AvgIpc) is 2.20. The number of aliphatic hydroxyl groups is 2. The Labute approximate surface area is 90.7 Å². The number of hydrogen-bond donors (Lipinski definition) is 4. The van der Waals surface area contributed by atoms with Gasteiger partial charge in [0.1, 0.15) is 6.10 Å². The number of primary amides is 1. The zero-order chi connectivity index (χ0) is 12.3. The van der Waals surface area contributed by atoms with Crippen molar-refractivity contribution in [2.24, 2.45) is 5.73 Å². The van der Waals surface area contributed by atoms with Gasteiger partial charge in [0.05, 0.1) is 18.2 Å². The van der Waals surface area contributed by atoms with Gasteiger partial charge in [0, 0.05) is 11.8 Å². The Balaban J connectivity index is 2.83. The van der Waals surface area contributed by atoms with Crippen molar-refractivity contribution in [3.63, 3.8) is 0 Å². The Morgan fingerprint density at radius 3 is 2.69 bits per heavy atom. The van der Waals surface area contributed by atoms with Crippen molar-refractivity contribution in [2.45, 2.75) is 18.6 Å². The molecule has 1 aromatic heterocycles. The van der Waals surface area contributed by atoms with Gasteiger partial charge < -0.3 is 21.7 Å². The van der Waals surface area contributed by atoms with E-state index < -0.39 is 30.5 Å². The van der Waals surface area contributed by atoms with Crippen LogP contribution in [0.4, 0.5) is 10.1 Å². The first kappa shape index (κ1) is 12.3. The number of nitrogens with zero attached hydrogens (tertiary/aromatic N) is 1. The van der Waals surface area contributed by atoms with E-state index in [2.05, 4.69) is 4.98 Å². The number of nitrogens with two attached hydrogens (primary N) is 2. The highest BCUT2D eigenvalue weighted by Crippen LogP contribution is 2.20. The molecule has 2 unspecified atom stereocenters. The molecule has 0 spiro atoms. The molecule has 1 aromatic rings. The molecule has 6 nitrogen and oxygen atoms in total. The Hall–Kier alpha value is -1.73. The van der Waals surface area contributed by atoms with Crippen molar-refractivity contribution >= 4 is 11.6 Å². The molecule has 1 heterocycles. The highest BCUT2D eigenvalue weighted by Gasteiger charge is 2.21. The number of carbonyl (C=O) groups is 1. The van der Waals surface area contributed by atoms with Gasteiger partial charge in [0.2, 0.25) is 11.9 Å². The van der Waals surface area contributed by atoms with E-state index in [9.17, 15) is 19.4 Å². The van der Waals surface area contributed by atoms with Gasteiger partial charge in [-0.1, -0.05) is 0 Å². The first-order chi connectivity index (χ1) is 7.41. The molecule has 0 aliphatic heterocycles. The van der Waals surface area contributed by atoms with E-state index in [1.807, 2.05) is 0 Å². The fourth-order valence-corrected chi connectivity index (χ4v) is 1.18. The van der Waals surface area contributed by atoms with Crippen molar-refractivity contribution in [3.8, 4) is 0 Å². The number of carbonyl (C=O) groups excluding carboxylic acids is 1. The van der Waals surface area contributed by atoms with Gasteiger partial charge in [0.25, 0.3) is 0 Å². The van der Waals surface area contributed by atoms with Gasteiger partial charge in [0.15, 0.2) is 0 Å². The zero-order valence-electron chi connectivity index (χ0n) is 8.30. The molecule has 0 aliphatic rings. The third-order valence-electron chi connectivity index (χ3n) is 2.00. The molecule has 2 atom stereocenters. The predicted octanol–water partition coefficient (Wildman–Crippen LogP) is -0.927. The summed E-state index contributed by atoms with van der Waals surface area (Å²) in [4.78, 5) is 13.8. The van der Waals surface area contributed by atoms with Crippen molar-refractivity contribution in [1.82, 2.24) is 4.98 Å². The first-order valence-electron chi connectivity index (χ1n) is 4.47. The van der Waals surface area contributed by atoms with Crippen molar-refractivity contribution in [2.75, 3.05) is 5.73 Å². The minimum absolute atomic E-state index is 0.118. The maximum absolute atomic E-state index is 12.7. The summed E-state index contributed by atoms with van der Waals surface area (Å²) in [5.41, 5.74) is 9.96. The molecule has 0 aliphatic carbocycles. The Morgan fingerprint density at radius 1 is 1.56 bits per heavy atom. The second-order valence-electron chi connectivity index (χ2n) is 3.33. The Morgan fingerprint density at radius 2 is 2.19 bits per heavy atom. The molecule has 0 bridgehead atoms. The van der Waals surface area contributed by atoms with Crippen LogP contribution in [-0.2, 0) is 4.79 Å². The summed E-state index contributed by atoms with van der Waals surface area (Å²) in [6.07, 6.45) is -2.13. The summed E-state index contributed by atoms with van der Waals surface area (Å²) in [6, 6.07) is 1.14. The van der Waals surface area contributed by atoms with Crippen molar-refractivity contribution in [3.05, 3.63) is 23.8 Å². The monoisotopic (exact) mass is 229 g/mol. The van der Waals surface area contributed by atoms with Crippen molar-refractivity contribution in [1.29, 1.82) is 0 Å². The molecule has 1 rings (SSSR count). The summed E-state index contributed by atoms with van der Waals surface area (Å²) >= 11 is 0. The number of aromatic nitrogens is 1. The third kappa shape index (κ3) is 2.88. The largest absolute Gasteiger partial charge is 0.395 e. The maximum Gasteiger partial charge on any atom is 0.236 e. The van der Waals surface area contributed by atoms with E-state index >= 15 is 0 Å². The van der Waals surface area contributed by atoms with Gasteiger partial charge in [-0.25, -0.2) is 4.98 Å². The molecule has 0 saturated heterocycles. The summed E-state index contributed by atoms with van der Waals surface area (Å²) in [5, 5.41) is 19.0. The number of anilines is 1. The first-order valence-corrected chi connectivity index (χ1v) is 4.47. The summed E-state index contributed by atoms with van der Waals surface area (Å²) in [6.45, 7) is 0. The lowest BCUT2D eigenvalue weighted by Crippen LogP contribution is -2.25. The van der Waals surface area contributed by atoms with E-state index in [4.69, 9.17) is 11.5 Å². The van der Waals surface area contributed by atoms with Crippen LogP contribution in [0.25, 0.3) is 0 Å². The van der Waals surface area contributed by atoms with Gasteiger partial charge in [-0.2, -0.15) is 4.39 Å². The van der Waals surface area contributed by atoms with Gasteiger partial charge in [-0.05, 0) is 6.07 Å². The molecule has 1 amide bonds. The van der Waals surface area contributed by atoms with Crippen LogP contribution < -0.4 is 11.5 Å². The predicted molar refractivity (Wildman–Crippen MR) is 53.4 cm³/mol. The number of hydrogen-bond acceptors (Lipinski definition) is 5. The molecule has 7 heteroatoms. The molecule has 0 saturated carbocycles. The molecular formula is C9H12FN3O3. The SMILES string of the molecule is NC(=O)CC(O)C(O)c1cnc(F)c(N)c1. The lowest BCUT2D eigenvalue weighted by molar-refractivity contribution is -0.121. The number of pyridine rings is 1. The summed E-state index contributed by atoms with van der Waals surface area (Å²) in [7, 11) is 0. The number of rotatable bonds is 4. The highest BCUT2D eigenvalue weighted by molar-refractivity contribution is 5.74. The smallest absolute Gasteiger partial charge is 0.236 e. The molecule has 6 N–H and O–H groups in total. The fourth-order valence-electron chi connectivity index (χ4n) is 1.18. The van der Waals surface area contributed by atoms with E-state index in [0.717, 1.165) is 12.3 Å². The molecular weight excluding hydrogens is 217 g/mol. The highest BCUT2D eigenvalue weighted by atomic mass is 19.1. The quantitative estimate of drug-likeness (QED) is 0.497. The normalized spacial score (nSPS) is 14.4. The number of halogens is 1. The average molecular weight is 229 g/mol. The minimum Gasteiger partial charge on any atom is -0.395 e. The zero-order valence-corrected chi connectivity index (χ0v) is 8.30. The summed E-state index contributed by atoms with van der Waals surface area (Å²) in [5.74, 6) is -1.62. The van der Waals surface area contributed by atoms with Gasteiger partial charge in [-0.3, -0.25) is 4.79 Å². The van der Waals surface area contributed by atoms with E-state index in [1.165, 1.54) is 0 Å². The lowest BCUT2D eigenvalue weighted by Gasteiger charge is -2.16. The lowest BCUT2D eigenvalue weighted by atomic mass is 10.0. The number of aliphatic hydroxyl groups excluding tert-OH is 2. The van der Waals surface area contributed by atoms with Crippen LogP contribution in [0.1, 0.15) is 18.1 Å². The molecule has 0 fully saturated rings. The molecule has 0 radical (unpaired) electrons. The molecule has 16 heavy (non-hydrogen) atoms. The third-order valence-corrected chi connectivity index (χ3v) is 2.00. The Bertz CT molecular complexity index is 400. The van der Waals surface area contributed by atoms with E-state index in [0.29, 0.717) is 0 Å². The maximum atomic E-state index is 12.7. The Kier molecular flexibility index (Phi) is 3.75. The number of nitrogen functional groups attached to an aromatic ring is 1.